The molecule has 1 N–H and O–H groups in total. The van der Waals surface area contributed by atoms with Crippen LogP contribution in [0.15, 0.2) is 84.9 Å². The summed E-state index contributed by atoms with van der Waals surface area (Å²) in [6.45, 7) is 0.987. The summed E-state index contributed by atoms with van der Waals surface area (Å²) in [5.74, 6) is 1.25. The molecule has 0 radical (unpaired) electrons. The van der Waals surface area contributed by atoms with E-state index in [9.17, 15) is 5.26 Å². The topological polar surface area (TPSA) is 54.3 Å². The quantitative estimate of drug-likeness (QED) is 0.547. The Hall–Kier alpha value is -3.71. The van der Waals surface area contributed by atoms with E-state index >= 15 is 0 Å². The van der Waals surface area contributed by atoms with Crippen molar-refractivity contribution in [3.63, 3.8) is 0 Å². The van der Waals surface area contributed by atoms with Gasteiger partial charge in [0.05, 0.1) is 18.8 Å². The molecule has 4 heteroatoms. The van der Waals surface area contributed by atoms with Gasteiger partial charge in [-0.2, -0.15) is 5.26 Å². The second-order valence-electron chi connectivity index (χ2n) is 6.12. The number of nitrogens with zero attached hydrogens (tertiary/aromatic N) is 1. The molecule has 0 aliphatic heterocycles. The van der Waals surface area contributed by atoms with Gasteiger partial charge in [-0.25, -0.2) is 0 Å². The van der Waals surface area contributed by atoms with Crippen LogP contribution in [-0.4, -0.2) is 13.7 Å². The maximum absolute atomic E-state index is 9.58. The van der Waals surface area contributed by atoms with Gasteiger partial charge in [0.25, 0.3) is 0 Å². The Morgan fingerprint density at radius 1 is 0.964 bits per heavy atom. The maximum atomic E-state index is 9.58. The molecule has 0 saturated carbocycles. The normalized spacial score (nSPS) is 10.8. The molecule has 0 spiro atoms. The SMILES string of the molecule is COc1ccc(C(C#N)=CCNc2ccccc2)cc1OCc1ccccc1. The van der Waals surface area contributed by atoms with Gasteiger partial charge >= 0.3 is 0 Å². The van der Waals surface area contributed by atoms with Gasteiger partial charge in [0.2, 0.25) is 0 Å². The van der Waals surface area contributed by atoms with E-state index in [1.807, 2.05) is 84.9 Å². The van der Waals surface area contributed by atoms with E-state index in [0.717, 1.165) is 16.8 Å². The zero-order valence-corrected chi connectivity index (χ0v) is 15.8. The smallest absolute Gasteiger partial charge is 0.162 e. The maximum Gasteiger partial charge on any atom is 0.162 e. The summed E-state index contributed by atoms with van der Waals surface area (Å²) in [6, 6.07) is 27.6. The standard InChI is InChI=1S/C24H22N2O2/c1-27-23-13-12-20(16-24(23)28-18-19-8-4-2-5-9-19)21(17-25)14-15-26-22-10-6-3-7-11-22/h2-14,16,26H,15,18H2,1H3. The highest BCUT2D eigenvalue weighted by molar-refractivity contribution is 5.78. The fourth-order valence-corrected chi connectivity index (χ4v) is 2.75. The molecule has 0 saturated heterocycles. The Morgan fingerprint density at radius 3 is 2.36 bits per heavy atom. The molecule has 28 heavy (non-hydrogen) atoms. The molecule has 0 bridgehead atoms. The van der Waals surface area contributed by atoms with Crippen LogP contribution in [-0.2, 0) is 6.61 Å². The Balaban J connectivity index is 1.74. The van der Waals surface area contributed by atoms with Crippen molar-refractivity contribution in [3.8, 4) is 17.6 Å². The van der Waals surface area contributed by atoms with E-state index in [1.165, 1.54) is 0 Å². The Morgan fingerprint density at radius 2 is 1.68 bits per heavy atom. The third-order valence-corrected chi connectivity index (χ3v) is 4.22. The average Bonchev–Trinajstić information content (AvgIpc) is 2.76. The number of nitrogens with one attached hydrogen (secondary N) is 1. The van der Waals surface area contributed by atoms with Crippen molar-refractivity contribution in [1.82, 2.24) is 0 Å². The number of benzene rings is 3. The zero-order valence-electron chi connectivity index (χ0n) is 15.8. The number of hydrogen-bond donors (Lipinski definition) is 1. The molecule has 3 aromatic rings. The Kier molecular flexibility index (Phi) is 6.70. The molecule has 0 fully saturated rings. The minimum atomic E-state index is 0.432. The fraction of sp³-hybridized carbons (Fsp3) is 0.125. The lowest BCUT2D eigenvalue weighted by Crippen LogP contribution is -2.00. The van der Waals surface area contributed by atoms with Gasteiger partial charge in [-0.3, -0.25) is 0 Å². The molecule has 3 rings (SSSR count). The lowest BCUT2D eigenvalue weighted by Gasteiger charge is -2.12. The van der Waals surface area contributed by atoms with E-state index in [-0.39, 0.29) is 0 Å². The monoisotopic (exact) mass is 370 g/mol. The molecule has 0 atom stereocenters. The van der Waals surface area contributed by atoms with Crippen LogP contribution in [0.1, 0.15) is 11.1 Å². The number of methoxy groups -OCH3 is 1. The van der Waals surface area contributed by atoms with E-state index < -0.39 is 0 Å². The number of hydrogen-bond acceptors (Lipinski definition) is 4. The van der Waals surface area contributed by atoms with Crippen LogP contribution >= 0.6 is 0 Å². The van der Waals surface area contributed by atoms with Crippen LogP contribution in [0, 0.1) is 11.3 Å². The molecule has 0 aromatic heterocycles. The highest BCUT2D eigenvalue weighted by atomic mass is 16.5. The predicted octanol–water partition coefficient (Wildman–Crippen LogP) is 5.29. The molecule has 0 unspecified atom stereocenters. The number of allylic oxidation sites excluding steroid dienone is 1. The van der Waals surface area contributed by atoms with Crippen molar-refractivity contribution < 1.29 is 9.47 Å². The van der Waals surface area contributed by atoms with E-state index in [0.29, 0.717) is 30.2 Å². The van der Waals surface area contributed by atoms with Crippen molar-refractivity contribution in [2.75, 3.05) is 19.0 Å². The van der Waals surface area contributed by atoms with E-state index in [1.54, 1.807) is 7.11 Å². The Bertz CT molecular complexity index is 961. The van der Waals surface area contributed by atoms with Crippen LogP contribution in [0.5, 0.6) is 11.5 Å². The average molecular weight is 370 g/mol. The first-order valence-electron chi connectivity index (χ1n) is 9.04. The third-order valence-electron chi connectivity index (χ3n) is 4.22. The lowest BCUT2D eigenvalue weighted by molar-refractivity contribution is 0.284. The van der Waals surface area contributed by atoms with Crippen LogP contribution in [0.2, 0.25) is 0 Å². The molecule has 4 nitrogen and oxygen atoms in total. The van der Waals surface area contributed by atoms with Crippen molar-refractivity contribution in [2.24, 2.45) is 0 Å². The van der Waals surface area contributed by atoms with Gasteiger partial charge in [0.15, 0.2) is 11.5 Å². The molecule has 140 valence electrons. The largest absolute Gasteiger partial charge is 0.493 e. The van der Waals surface area contributed by atoms with Gasteiger partial charge in [-0.15, -0.1) is 0 Å². The number of nitriles is 1. The van der Waals surface area contributed by atoms with Gasteiger partial charge < -0.3 is 14.8 Å². The molecule has 0 heterocycles. The van der Waals surface area contributed by atoms with Crippen molar-refractivity contribution in [3.05, 3.63) is 96.1 Å². The van der Waals surface area contributed by atoms with Gasteiger partial charge in [-0.05, 0) is 47.5 Å². The summed E-state index contributed by atoms with van der Waals surface area (Å²) in [5.41, 5.74) is 3.45. The molecule has 0 aliphatic carbocycles. The van der Waals surface area contributed by atoms with Crippen LogP contribution in [0.3, 0.4) is 0 Å². The lowest BCUT2D eigenvalue weighted by atomic mass is 10.1. The second-order valence-corrected chi connectivity index (χ2v) is 6.12. The first-order valence-corrected chi connectivity index (χ1v) is 9.04. The van der Waals surface area contributed by atoms with Crippen molar-refractivity contribution in [1.29, 1.82) is 5.26 Å². The first-order chi connectivity index (χ1) is 13.8. The number of ether oxygens (including phenoxy) is 2. The van der Waals surface area contributed by atoms with Crippen molar-refractivity contribution in [2.45, 2.75) is 6.61 Å². The summed E-state index contributed by atoms with van der Waals surface area (Å²) in [7, 11) is 1.61. The minimum Gasteiger partial charge on any atom is -0.493 e. The van der Waals surface area contributed by atoms with E-state index in [2.05, 4.69) is 11.4 Å². The molecular weight excluding hydrogens is 348 g/mol. The second kappa shape index (κ2) is 9.84. The van der Waals surface area contributed by atoms with Crippen LogP contribution in [0.25, 0.3) is 5.57 Å². The summed E-state index contributed by atoms with van der Waals surface area (Å²) in [6.07, 6.45) is 1.87. The highest BCUT2D eigenvalue weighted by Crippen LogP contribution is 2.31. The van der Waals surface area contributed by atoms with Crippen LogP contribution < -0.4 is 14.8 Å². The summed E-state index contributed by atoms with van der Waals surface area (Å²) in [4.78, 5) is 0. The zero-order chi connectivity index (χ0) is 19.6. The molecular formula is C24H22N2O2. The first kappa shape index (κ1) is 19.1. The van der Waals surface area contributed by atoms with Crippen molar-refractivity contribution >= 4 is 11.3 Å². The highest BCUT2D eigenvalue weighted by Gasteiger charge is 2.09. The number of para-hydroxylation sites is 1. The fourth-order valence-electron chi connectivity index (χ4n) is 2.75. The molecule has 0 aliphatic rings. The number of rotatable bonds is 8. The van der Waals surface area contributed by atoms with Gasteiger partial charge in [0.1, 0.15) is 6.61 Å². The van der Waals surface area contributed by atoms with Crippen LogP contribution in [0.4, 0.5) is 5.69 Å². The summed E-state index contributed by atoms with van der Waals surface area (Å²) >= 11 is 0. The predicted molar refractivity (Wildman–Crippen MR) is 112 cm³/mol. The molecule has 0 amide bonds. The molecule has 3 aromatic carbocycles. The van der Waals surface area contributed by atoms with E-state index in [4.69, 9.17) is 9.47 Å². The Labute approximate surface area is 165 Å². The summed E-state index contributed by atoms with van der Waals surface area (Å²) < 4.78 is 11.3. The summed E-state index contributed by atoms with van der Waals surface area (Å²) in [5, 5.41) is 12.9. The van der Waals surface area contributed by atoms with Gasteiger partial charge in [0, 0.05) is 12.2 Å². The number of anilines is 1. The third kappa shape index (κ3) is 5.15. The minimum absolute atomic E-state index is 0.432. The van der Waals surface area contributed by atoms with Gasteiger partial charge in [-0.1, -0.05) is 48.5 Å².